The maximum Gasteiger partial charge on any atom is 0.309 e. The predicted octanol–water partition coefficient (Wildman–Crippen LogP) is 0.622. The van der Waals surface area contributed by atoms with Gasteiger partial charge in [0.2, 0.25) is 0 Å². The molecule has 3 heteroatoms. The van der Waals surface area contributed by atoms with E-state index in [1.807, 2.05) is 0 Å². The van der Waals surface area contributed by atoms with Gasteiger partial charge in [-0.05, 0) is 12.8 Å². The van der Waals surface area contributed by atoms with Gasteiger partial charge in [0.05, 0.1) is 12.0 Å². The maximum atomic E-state index is 10.4. The average Bonchev–Trinajstić information content (AvgIpc) is 1.88. The Morgan fingerprint density at radius 1 is 1.30 bits per heavy atom. The number of aliphatic hydroxyl groups excluding tert-OH is 1. The predicted molar refractivity (Wildman–Crippen MR) is 35.6 cm³/mol. The summed E-state index contributed by atoms with van der Waals surface area (Å²) in [5, 5.41) is 17.7. The minimum absolute atomic E-state index is 0.506. The van der Waals surface area contributed by atoms with Crippen LogP contribution in [0.1, 0.15) is 25.7 Å². The van der Waals surface area contributed by atoms with Crippen molar-refractivity contribution in [2.24, 2.45) is 5.92 Å². The second-order valence-electron chi connectivity index (χ2n) is 2.80. The van der Waals surface area contributed by atoms with E-state index in [2.05, 4.69) is 0 Å². The summed E-state index contributed by atoms with van der Waals surface area (Å²) < 4.78 is 0. The van der Waals surface area contributed by atoms with Crippen molar-refractivity contribution < 1.29 is 15.0 Å². The van der Waals surface area contributed by atoms with Gasteiger partial charge >= 0.3 is 5.97 Å². The zero-order valence-electron chi connectivity index (χ0n) is 5.79. The van der Waals surface area contributed by atoms with Crippen molar-refractivity contribution in [2.45, 2.75) is 31.8 Å². The summed E-state index contributed by atoms with van der Waals surface area (Å²) in [4.78, 5) is 10.4. The lowest BCUT2D eigenvalue weighted by atomic mass is 9.87. The SMILES string of the molecule is O=C(O)[C@H]1CCCC[C@H]1O. The molecule has 0 aromatic heterocycles. The van der Waals surface area contributed by atoms with E-state index >= 15 is 0 Å². The lowest BCUT2D eigenvalue weighted by Gasteiger charge is -2.23. The van der Waals surface area contributed by atoms with Crippen molar-refractivity contribution in [3.63, 3.8) is 0 Å². The van der Waals surface area contributed by atoms with Gasteiger partial charge in [-0.15, -0.1) is 0 Å². The highest BCUT2D eigenvalue weighted by Gasteiger charge is 2.28. The Bertz CT molecular complexity index is 133. The van der Waals surface area contributed by atoms with Crippen LogP contribution in [0.5, 0.6) is 0 Å². The summed E-state index contributed by atoms with van der Waals surface area (Å²) in [6, 6.07) is 0. The van der Waals surface area contributed by atoms with Gasteiger partial charge in [0.1, 0.15) is 0 Å². The lowest BCUT2D eigenvalue weighted by Crippen LogP contribution is -2.30. The normalized spacial score (nSPS) is 33.7. The van der Waals surface area contributed by atoms with Crippen LogP contribution in [0.15, 0.2) is 0 Å². The molecule has 0 heterocycles. The van der Waals surface area contributed by atoms with Crippen LogP contribution >= 0.6 is 0 Å². The summed E-state index contributed by atoms with van der Waals surface area (Å²) in [5.41, 5.74) is 0. The standard InChI is InChI=1S/C7H12O3/c8-6-4-2-1-3-5(6)7(9)10/h5-6,8H,1-4H2,(H,9,10)/t5-,6+/m0/s1. The van der Waals surface area contributed by atoms with Crippen LogP contribution in [0.25, 0.3) is 0 Å². The van der Waals surface area contributed by atoms with Gasteiger partial charge < -0.3 is 10.2 Å². The quantitative estimate of drug-likeness (QED) is 0.567. The summed E-state index contributed by atoms with van der Waals surface area (Å²) in [7, 11) is 0. The van der Waals surface area contributed by atoms with E-state index in [1.165, 1.54) is 0 Å². The first-order valence-corrected chi connectivity index (χ1v) is 3.62. The third kappa shape index (κ3) is 1.48. The Labute approximate surface area is 59.7 Å². The van der Waals surface area contributed by atoms with Crippen molar-refractivity contribution in [3.05, 3.63) is 0 Å². The van der Waals surface area contributed by atoms with E-state index in [4.69, 9.17) is 10.2 Å². The minimum Gasteiger partial charge on any atom is -0.481 e. The van der Waals surface area contributed by atoms with Crippen LogP contribution in [-0.2, 0) is 4.79 Å². The van der Waals surface area contributed by atoms with E-state index < -0.39 is 18.0 Å². The van der Waals surface area contributed by atoms with E-state index in [1.54, 1.807) is 0 Å². The summed E-state index contributed by atoms with van der Waals surface area (Å²) >= 11 is 0. The van der Waals surface area contributed by atoms with Crippen LogP contribution in [0.2, 0.25) is 0 Å². The molecule has 0 aliphatic heterocycles. The molecule has 0 spiro atoms. The fraction of sp³-hybridized carbons (Fsp3) is 0.857. The maximum absolute atomic E-state index is 10.4. The van der Waals surface area contributed by atoms with Crippen LogP contribution in [0.3, 0.4) is 0 Å². The summed E-state index contributed by atoms with van der Waals surface area (Å²) in [6.07, 6.45) is 2.58. The van der Waals surface area contributed by atoms with Gasteiger partial charge in [0, 0.05) is 0 Å². The highest BCUT2D eigenvalue weighted by atomic mass is 16.4. The van der Waals surface area contributed by atoms with Gasteiger partial charge in [-0.25, -0.2) is 0 Å². The Morgan fingerprint density at radius 2 is 1.90 bits per heavy atom. The van der Waals surface area contributed by atoms with Gasteiger partial charge in [0.25, 0.3) is 0 Å². The van der Waals surface area contributed by atoms with Crippen LogP contribution in [-0.4, -0.2) is 22.3 Å². The highest BCUT2D eigenvalue weighted by Crippen LogP contribution is 2.23. The number of aliphatic hydroxyl groups is 1. The molecular weight excluding hydrogens is 132 g/mol. The number of hydrogen-bond acceptors (Lipinski definition) is 2. The molecule has 10 heavy (non-hydrogen) atoms. The lowest BCUT2D eigenvalue weighted by molar-refractivity contribution is -0.147. The first-order valence-electron chi connectivity index (χ1n) is 3.62. The zero-order chi connectivity index (χ0) is 7.56. The van der Waals surface area contributed by atoms with Gasteiger partial charge in [-0.1, -0.05) is 12.8 Å². The van der Waals surface area contributed by atoms with Crippen LogP contribution in [0.4, 0.5) is 0 Å². The topological polar surface area (TPSA) is 57.5 Å². The Hall–Kier alpha value is -0.570. The fourth-order valence-electron chi connectivity index (χ4n) is 1.40. The van der Waals surface area contributed by atoms with E-state index in [9.17, 15) is 4.79 Å². The summed E-state index contributed by atoms with van der Waals surface area (Å²) in [5.74, 6) is -1.36. The smallest absolute Gasteiger partial charge is 0.309 e. The van der Waals surface area contributed by atoms with Crippen molar-refractivity contribution >= 4 is 5.97 Å². The molecule has 0 aromatic carbocycles. The number of aliphatic carboxylic acids is 1. The first-order chi connectivity index (χ1) is 4.72. The molecule has 1 saturated carbocycles. The molecule has 0 unspecified atom stereocenters. The van der Waals surface area contributed by atoms with Crippen molar-refractivity contribution in [3.8, 4) is 0 Å². The number of rotatable bonds is 1. The Balaban J connectivity index is 2.47. The molecule has 0 aromatic rings. The largest absolute Gasteiger partial charge is 0.481 e. The number of carbonyl (C=O) groups is 1. The Morgan fingerprint density at radius 3 is 2.30 bits per heavy atom. The van der Waals surface area contributed by atoms with E-state index in [-0.39, 0.29) is 0 Å². The molecule has 1 aliphatic rings. The number of carboxylic acid groups (broad SMARTS) is 1. The molecule has 3 nitrogen and oxygen atoms in total. The van der Waals surface area contributed by atoms with Crippen molar-refractivity contribution in [1.29, 1.82) is 0 Å². The van der Waals surface area contributed by atoms with Gasteiger partial charge in [-0.3, -0.25) is 4.79 Å². The molecule has 2 N–H and O–H groups in total. The van der Waals surface area contributed by atoms with Crippen LogP contribution < -0.4 is 0 Å². The van der Waals surface area contributed by atoms with Crippen LogP contribution in [0, 0.1) is 5.92 Å². The molecule has 2 atom stereocenters. The number of hydrogen-bond donors (Lipinski definition) is 2. The van der Waals surface area contributed by atoms with Crippen molar-refractivity contribution in [1.82, 2.24) is 0 Å². The second-order valence-corrected chi connectivity index (χ2v) is 2.80. The number of carboxylic acids is 1. The zero-order valence-corrected chi connectivity index (χ0v) is 5.79. The monoisotopic (exact) mass is 144 g/mol. The summed E-state index contributed by atoms with van der Waals surface area (Å²) in [6.45, 7) is 0. The molecular formula is C7H12O3. The molecule has 0 amide bonds. The van der Waals surface area contributed by atoms with E-state index in [0.29, 0.717) is 12.8 Å². The molecule has 58 valence electrons. The second kappa shape index (κ2) is 3.01. The molecule has 0 bridgehead atoms. The third-order valence-electron chi connectivity index (χ3n) is 2.05. The average molecular weight is 144 g/mol. The molecule has 1 fully saturated rings. The third-order valence-corrected chi connectivity index (χ3v) is 2.05. The van der Waals surface area contributed by atoms with Gasteiger partial charge in [-0.2, -0.15) is 0 Å². The fourth-order valence-corrected chi connectivity index (χ4v) is 1.40. The van der Waals surface area contributed by atoms with E-state index in [0.717, 1.165) is 12.8 Å². The first kappa shape index (κ1) is 7.54. The molecule has 1 aliphatic carbocycles. The Kier molecular flexibility index (Phi) is 2.27. The minimum atomic E-state index is -0.854. The molecule has 0 saturated heterocycles. The van der Waals surface area contributed by atoms with Gasteiger partial charge in [0.15, 0.2) is 0 Å². The molecule has 1 rings (SSSR count). The van der Waals surface area contributed by atoms with Crippen molar-refractivity contribution in [2.75, 3.05) is 0 Å². The highest BCUT2D eigenvalue weighted by molar-refractivity contribution is 5.70. The molecule has 0 radical (unpaired) electrons.